The van der Waals surface area contributed by atoms with Gasteiger partial charge in [-0.1, -0.05) is 33.3 Å². The number of aromatic nitrogens is 1. The molecule has 2 heterocycles. The first-order valence-electron chi connectivity index (χ1n) is 12.4. The average molecular weight is 680 g/mol. The van der Waals surface area contributed by atoms with Crippen LogP contribution in [0.4, 0.5) is 0 Å². The number of halogens is 2. The number of hydrogen-bond acceptors (Lipinski definition) is 8. The molecule has 0 unspecified atom stereocenters. The van der Waals surface area contributed by atoms with Gasteiger partial charge in [-0.2, -0.15) is 0 Å². The number of benzene rings is 2. The number of esters is 1. The standard InChI is InChI=1S/C28H28Br2N2O6S/c1-6-36-20-10-9-16(12-21(20)37-7-2)24-23(27(34)38-8-3)15(4)31-28-32(24)26(33)22(39-28)13-17-11-18(29)14-19(30)25(17)35-5/h9-14,24H,6-8H2,1-5H3/b22-13-/t24-/m0/s1. The minimum absolute atomic E-state index is 0.192. The summed E-state index contributed by atoms with van der Waals surface area (Å²) in [5.74, 6) is 1.18. The van der Waals surface area contributed by atoms with Crippen molar-refractivity contribution >= 4 is 55.2 Å². The van der Waals surface area contributed by atoms with E-state index in [1.54, 1.807) is 37.7 Å². The van der Waals surface area contributed by atoms with Crippen LogP contribution in [0.5, 0.6) is 17.2 Å². The Morgan fingerprint density at radius 2 is 1.79 bits per heavy atom. The number of ether oxygens (including phenoxy) is 4. The van der Waals surface area contributed by atoms with E-state index in [-0.39, 0.29) is 12.2 Å². The van der Waals surface area contributed by atoms with E-state index in [2.05, 4.69) is 36.9 Å². The van der Waals surface area contributed by atoms with Gasteiger partial charge in [-0.15, -0.1) is 0 Å². The van der Waals surface area contributed by atoms with Gasteiger partial charge in [0.2, 0.25) is 0 Å². The van der Waals surface area contributed by atoms with Crippen molar-refractivity contribution in [3.8, 4) is 17.2 Å². The van der Waals surface area contributed by atoms with E-state index >= 15 is 0 Å². The molecule has 0 saturated carbocycles. The van der Waals surface area contributed by atoms with Crippen LogP contribution in [0.25, 0.3) is 6.08 Å². The first-order valence-corrected chi connectivity index (χ1v) is 14.8. The van der Waals surface area contributed by atoms with E-state index in [9.17, 15) is 9.59 Å². The third-order valence-corrected chi connectivity index (χ3v) is 7.96. The number of carbonyl (C=O) groups excluding carboxylic acids is 1. The molecule has 4 rings (SSSR count). The predicted octanol–water partition coefficient (Wildman–Crippen LogP) is 5.13. The molecule has 3 aromatic rings. The molecule has 0 spiro atoms. The molecule has 1 aromatic heterocycles. The molecule has 11 heteroatoms. The molecule has 1 aliphatic rings. The second-order valence-electron chi connectivity index (χ2n) is 8.38. The van der Waals surface area contributed by atoms with Crippen molar-refractivity contribution in [1.29, 1.82) is 0 Å². The lowest BCUT2D eigenvalue weighted by molar-refractivity contribution is -0.139. The highest BCUT2D eigenvalue weighted by molar-refractivity contribution is 9.11. The fourth-order valence-corrected chi connectivity index (χ4v) is 6.85. The number of carbonyl (C=O) groups is 1. The minimum Gasteiger partial charge on any atom is -0.495 e. The van der Waals surface area contributed by atoms with Gasteiger partial charge in [0.15, 0.2) is 16.3 Å². The molecular weight excluding hydrogens is 652 g/mol. The van der Waals surface area contributed by atoms with Gasteiger partial charge in [0, 0.05) is 10.0 Å². The van der Waals surface area contributed by atoms with Crippen LogP contribution >= 0.6 is 43.2 Å². The van der Waals surface area contributed by atoms with Gasteiger partial charge < -0.3 is 18.9 Å². The van der Waals surface area contributed by atoms with Crippen molar-refractivity contribution in [3.05, 3.63) is 81.4 Å². The zero-order valence-electron chi connectivity index (χ0n) is 22.2. The molecule has 39 heavy (non-hydrogen) atoms. The molecular formula is C28H28Br2N2O6S. The quantitative estimate of drug-likeness (QED) is 0.292. The van der Waals surface area contributed by atoms with Crippen LogP contribution in [-0.2, 0) is 9.53 Å². The van der Waals surface area contributed by atoms with Crippen LogP contribution in [0, 0.1) is 0 Å². The second kappa shape index (κ2) is 12.5. The van der Waals surface area contributed by atoms with E-state index in [1.165, 1.54) is 11.3 Å². The normalized spacial score (nSPS) is 15.1. The summed E-state index contributed by atoms with van der Waals surface area (Å²) in [5.41, 5.74) is 1.88. The van der Waals surface area contributed by atoms with E-state index in [1.807, 2.05) is 38.1 Å². The van der Waals surface area contributed by atoms with Crippen molar-refractivity contribution in [2.45, 2.75) is 33.7 Å². The number of rotatable bonds is 9. The van der Waals surface area contributed by atoms with Gasteiger partial charge in [0.25, 0.3) is 5.56 Å². The SMILES string of the molecule is CCOC(=O)C1=C(C)N=c2s/c(=C\c3cc(Br)cc(Br)c3OC)c(=O)n2[C@H]1c1ccc(OCC)c(OCC)c1. The molecule has 1 atom stereocenters. The Morgan fingerprint density at radius 1 is 1.08 bits per heavy atom. The summed E-state index contributed by atoms with van der Waals surface area (Å²) in [4.78, 5) is 32.3. The number of nitrogens with zero attached hydrogens (tertiary/aromatic N) is 2. The van der Waals surface area contributed by atoms with Gasteiger partial charge in [0.05, 0.1) is 53.2 Å². The van der Waals surface area contributed by atoms with Crippen molar-refractivity contribution in [2.75, 3.05) is 26.9 Å². The molecule has 1 aliphatic heterocycles. The second-order valence-corrected chi connectivity index (χ2v) is 11.2. The molecule has 0 saturated heterocycles. The Hall–Kier alpha value is -2.89. The van der Waals surface area contributed by atoms with Gasteiger partial charge >= 0.3 is 5.97 Å². The largest absolute Gasteiger partial charge is 0.495 e. The van der Waals surface area contributed by atoms with Gasteiger partial charge in [0.1, 0.15) is 5.75 Å². The molecule has 0 amide bonds. The lowest BCUT2D eigenvalue weighted by atomic mass is 9.95. The molecule has 0 radical (unpaired) electrons. The zero-order chi connectivity index (χ0) is 28.3. The molecule has 0 aliphatic carbocycles. The van der Waals surface area contributed by atoms with Gasteiger partial charge in [-0.25, -0.2) is 9.79 Å². The molecule has 8 nitrogen and oxygen atoms in total. The van der Waals surface area contributed by atoms with Crippen molar-refractivity contribution < 1.29 is 23.7 Å². The van der Waals surface area contributed by atoms with Crippen molar-refractivity contribution in [1.82, 2.24) is 4.57 Å². The van der Waals surface area contributed by atoms with Crippen LogP contribution in [-0.4, -0.2) is 37.5 Å². The Balaban J connectivity index is 1.99. The summed E-state index contributed by atoms with van der Waals surface area (Å²) in [7, 11) is 1.57. The summed E-state index contributed by atoms with van der Waals surface area (Å²) in [6.45, 7) is 8.36. The number of fused-ring (bicyclic) bond motifs is 1. The van der Waals surface area contributed by atoms with Gasteiger partial charge in [-0.05, 0) is 79.5 Å². The molecule has 206 valence electrons. The average Bonchev–Trinajstić information content (AvgIpc) is 3.18. The summed E-state index contributed by atoms with van der Waals surface area (Å²) >= 11 is 8.26. The summed E-state index contributed by atoms with van der Waals surface area (Å²) < 4.78 is 26.1. The van der Waals surface area contributed by atoms with E-state index in [4.69, 9.17) is 18.9 Å². The summed E-state index contributed by atoms with van der Waals surface area (Å²) in [5, 5.41) is 0. The van der Waals surface area contributed by atoms with Crippen molar-refractivity contribution in [3.63, 3.8) is 0 Å². The maximum Gasteiger partial charge on any atom is 0.338 e. The van der Waals surface area contributed by atoms with Crippen molar-refractivity contribution in [2.24, 2.45) is 4.99 Å². The predicted molar refractivity (Wildman–Crippen MR) is 158 cm³/mol. The molecule has 0 fully saturated rings. The summed E-state index contributed by atoms with van der Waals surface area (Å²) in [6.07, 6.45) is 1.77. The Bertz CT molecular complexity index is 1630. The number of methoxy groups -OCH3 is 1. The fraction of sp³-hybridized carbons (Fsp3) is 0.321. The topological polar surface area (TPSA) is 88.4 Å². The Kier molecular flexibility index (Phi) is 9.35. The number of thiazole rings is 1. The van der Waals surface area contributed by atoms with Crippen LogP contribution in [0.15, 0.2) is 60.3 Å². The maximum atomic E-state index is 14.0. The number of hydrogen-bond donors (Lipinski definition) is 0. The third-order valence-electron chi connectivity index (χ3n) is 5.93. The van der Waals surface area contributed by atoms with Crippen LogP contribution < -0.4 is 29.1 Å². The maximum absolute atomic E-state index is 14.0. The first kappa shape index (κ1) is 29.1. The van der Waals surface area contributed by atoms with Crippen LogP contribution in [0.3, 0.4) is 0 Å². The van der Waals surface area contributed by atoms with Crippen LogP contribution in [0.2, 0.25) is 0 Å². The fourth-order valence-electron chi connectivity index (χ4n) is 4.39. The smallest absolute Gasteiger partial charge is 0.338 e. The Morgan fingerprint density at radius 3 is 2.46 bits per heavy atom. The molecule has 0 bridgehead atoms. The molecule has 2 aromatic carbocycles. The van der Waals surface area contributed by atoms with E-state index < -0.39 is 12.0 Å². The summed E-state index contributed by atoms with van der Waals surface area (Å²) in [6, 6.07) is 8.41. The van der Waals surface area contributed by atoms with E-state index in [0.717, 1.165) is 8.95 Å². The monoisotopic (exact) mass is 678 g/mol. The molecule has 0 N–H and O–H groups in total. The van der Waals surface area contributed by atoms with Gasteiger partial charge in [-0.3, -0.25) is 9.36 Å². The third kappa shape index (κ3) is 5.85. The van der Waals surface area contributed by atoms with Crippen LogP contribution in [0.1, 0.15) is 44.9 Å². The van der Waals surface area contributed by atoms with E-state index in [0.29, 0.717) is 62.2 Å². The highest BCUT2D eigenvalue weighted by Crippen LogP contribution is 2.37. The highest BCUT2D eigenvalue weighted by atomic mass is 79.9. The minimum atomic E-state index is -0.770. The highest BCUT2D eigenvalue weighted by Gasteiger charge is 2.34. The lowest BCUT2D eigenvalue weighted by Crippen LogP contribution is -2.40. The number of allylic oxidation sites excluding steroid dienone is 1. The Labute approximate surface area is 246 Å². The first-order chi connectivity index (χ1) is 18.7. The zero-order valence-corrected chi connectivity index (χ0v) is 26.2. The lowest BCUT2D eigenvalue weighted by Gasteiger charge is -2.25.